The zero-order valence-corrected chi connectivity index (χ0v) is 13.8. The maximum absolute atomic E-state index is 11.0. The third-order valence-corrected chi connectivity index (χ3v) is 5.56. The summed E-state index contributed by atoms with van der Waals surface area (Å²) in [6, 6.07) is 5.09. The summed E-state index contributed by atoms with van der Waals surface area (Å²) in [5, 5.41) is 14.3. The second kappa shape index (κ2) is 7.14. The molecule has 1 aromatic carbocycles. The fourth-order valence-electron chi connectivity index (χ4n) is 1.92. The van der Waals surface area contributed by atoms with Crippen molar-refractivity contribution in [1.29, 1.82) is 0 Å². The molecule has 1 N–H and O–H groups in total. The van der Waals surface area contributed by atoms with Crippen molar-refractivity contribution in [2.45, 2.75) is 31.4 Å². The first-order chi connectivity index (χ1) is 8.98. The number of anilines is 1. The molecule has 0 amide bonds. The molecule has 4 nitrogen and oxygen atoms in total. The Morgan fingerprint density at radius 3 is 2.53 bits per heavy atom. The highest BCUT2D eigenvalue weighted by Gasteiger charge is 2.25. The quantitative estimate of drug-likeness (QED) is 0.574. The van der Waals surface area contributed by atoms with E-state index in [0.29, 0.717) is 10.2 Å². The minimum Gasteiger partial charge on any atom is -0.378 e. The first-order valence-electron chi connectivity index (χ1n) is 6.21. The summed E-state index contributed by atoms with van der Waals surface area (Å²) in [5.74, 6) is 0. The Balaban J connectivity index is 2.91. The van der Waals surface area contributed by atoms with Gasteiger partial charge in [-0.2, -0.15) is 11.8 Å². The van der Waals surface area contributed by atoms with Gasteiger partial charge in [0.1, 0.15) is 5.69 Å². The van der Waals surface area contributed by atoms with Crippen molar-refractivity contribution >= 4 is 39.1 Å². The van der Waals surface area contributed by atoms with E-state index in [-0.39, 0.29) is 15.4 Å². The number of nitro groups is 1. The largest absolute Gasteiger partial charge is 0.378 e. The van der Waals surface area contributed by atoms with Crippen molar-refractivity contribution in [3.63, 3.8) is 0 Å². The molecule has 1 rings (SSSR count). The molecule has 6 heteroatoms. The minimum atomic E-state index is -0.355. The van der Waals surface area contributed by atoms with E-state index in [1.54, 1.807) is 6.07 Å². The lowest BCUT2D eigenvalue weighted by atomic mass is 10.0. The molecule has 0 bridgehead atoms. The maximum atomic E-state index is 11.0. The molecule has 0 heterocycles. The van der Waals surface area contributed by atoms with E-state index >= 15 is 0 Å². The molecule has 0 spiro atoms. The third kappa shape index (κ3) is 4.11. The highest BCUT2D eigenvalue weighted by atomic mass is 79.9. The number of nitro benzene ring substituents is 1. The van der Waals surface area contributed by atoms with Crippen LogP contribution in [0.3, 0.4) is 0 Å². The van der Waals surface area contributed by atoms with Crippen molar-refractivity contribution in [2.75, 3.05) is 18.1 Å². The van der Waals surface area contributed by atoms with Gasteiger partial charge in [0.25, 0.3) is 5.69 Å². The molecule has 106 valence electrons. The summed E-state index contributed by atoms with van der Waals surface area (Å²) < 4.78 is 0.841. The smallest absolute Gasteiger partial charge is 0.293 e. The van der Waals surface area contributed by atoms with E-state index in [9.17, 15) is 10.1 Å². The normalized spacial score (nSPS) is 11.4. The fourth-order valence-corrected chi connectivity index (χ4v) is 3.07. The van der Waals surface area contributed by atoms with Gasteiger partial charge in [-0.25, -0.2) is 0 Å². The van der Waals surface area contributed by atoms with Crippen LogP contribution in [0.25, 0.3) is 0 Å². The molecule has 0 aliphatic rings. The molecule has 0 fully saturated rings. The number of hydrogen-bond acceptors (Lipinski definition) is 4. The summed E-state index contributed by atoms with van der Waals surface area (Å²) in [7, 11) is 0. The summed E-state index contributed by atoms with van der Waals surface area (Å²) in [4.78, 5) is 10.7. The van der Waals surface area contributed by atoms with E-state index in [1.807, 2.05) is 17.8 Å². The minimum absolute atomic E-state index is 0.108. The Bertz CT molecular complexity index is 442. The SMILES string of the molecule is CCC(CC)(CNc1ccc(Br)cc1[N+](=O)[O-])SC. The number of halogens is 1. The Morgan fingerprint density at radius 1 is 1.42 bits per heavy atom. The van der Waals surface area contributed by atoms with Crippen molar-refractivity contribution in [3.05, 3.63) is 32.8 Å². The van der Waals surface area contributed by atoms with E-state index in [4.69, 9.17) is 0 Å². The second-order valence-electron chi connectivity index (χ2n) is 4.37. The van der Waals surface area contributed by atoms with Gasteiger partial charge in [-0.3, -0.25) is 10.1 Å². The van der Waals surface area contributed by atoms with Crippen LogP contribution in [-0.4, -0.2) is 22.5 Å². The molecule has 0 saturated carbocycles. The molecule has 0 radical (unpaired) electrons. The first-order valence-corrected chi connectivity index (χ1v) is 8.22. The molecule has 0 saturated heterocycles. The Morgan fingerprint density at radius 2 is 2.05 bits per heavy atom. The van der Waals surface area contributed by atoms with Crippen LogP contribution in [-0.2, 0) is 0 Å². The number of nitrogens with one attached hydrogen (secondary N) is 1. The molecular weight excluding hydrogens is 328 g/mol. The molecule has 0 aromatic heterocycles. The number of thioether (sulfide) groups is 1. The fraction of sp³-hybridized carbons (Fsp3) is 0.538. The maximum Gasteiger partial charge on any atom is 0.293 e. The van der Waals surface area contributed by atoms with Crippen molar-refractivity contribution in [1.82, 2.24) is 0 Å². The molecular formula is C13H19BrN2O2S. The second-order valence-corrected chi connectivity index (χ2v) is 6.56. The van der Waals surface area contributed by atoms with Gasteiger partial charge in [0, 0.05) is 21.8 Å². The number of hydrogen-bond donors (Lipinski definition) is 1. The molecule has 0 aliphatic heterocycles. The van der Waals surface area contributed by atoms with E-state index in [0.717, 1.165) is 19.4 Å². The highest BCUT2D eigenvalue weighted by Crippen LogP contribution is 2.33. The van der Waals surface area contributed by atoms with Crippen LogP contribution < -0.4 is 5.32 Å². The van der Waals surface area contributed by atoms with Crippen LogP contribution in [0.15, 0.2) is 22.7 Å². The zero-order valence-electron chi connectivity index (χ0n) is 11.4. The highest BCUT2D eigenvalue weighted by molar-refractivity contribution is 9.10. The van der Waals surface area contributed by atoms with E-state index in [2.05, 4.69) is 41.3 Å². The van der Waals surface area contributed by atoms with Crippen molar-refractivity contribution < 1.29 is 4.92 Å². The number of benzene rings is 1. The van der Waals surface area contributed by atoms with Crippen LogP contribution >= 0.6 is 27.7 Å². The van der Waals surface area contributed by atoms with Gasteiger partial charge in [0.05, 0.1) is 4.92 Å². The third-order valence-electron chi connectivity index (χ3n) is 3.48. The molecule has 0 unspecified atom stereocenters. The predicted molar refractivity (Wildman–Crippen MR) is 86.1 cm³/mol. The van der Waals surface area contributed by atoms with Gasteiger partial charge in [0.2, 0.25) is 0 Å². The Labute approximate surface area is 126 Å². The van der Waals surface area contributed by atoms with Crippen molar-refractivity contribution in [3.8, 4) is 0 Å². The topological polar surface area (TPSA) is 55.2 Å². The van der Waals surface area contributed by atoms with E-state index in [1.165, 1.54) is 6.07 Å². The molecule has 0 aliphatic carbocycles. The van der Waals surface area contributed by atoms with Crippen LogP contribution in [0.2, 0.25) is 0 Å². The van der Waals surface area contributed by atoms with Crippen LogP contribution in [0, 0.1) is 10.1 Å². The summed E-state index contributed by atoms with van der Waals surface area (Å²) in [5.41, 5.74) is 0.685. The molecule has 19 heavy (non-hydrogen) atoms. The van der Waals surface area contributed by atoms with Gasteiger partial charge >= 0.3 is 0 Å². The number of rotatable bonds is 7. The van der Waals surface area contributed by atoms with Crippen LogP contribution in [0.1, 0.15) is 26.7 Å². The van der Waals surface area contributed by atoms with Gasteiger partial charge in [0.15, 0.2) is 0 Å². The van der Waals surface area contributed by atoms with E-state index < -0.39 is 0 Å². The monoisotopic (exact) mass is 346 g/mol. The molecule has 0 atom stereocenters. The lowest BCUT2D eigenvalue weighted by molar-refractivity contribution is -0.384. The zero-order chi connectivity index (χ0) is 14.5. The average molecular weight is 347 g/mol. The lowest BCUT2D eigenvalue weighted by Crippen LogP contribution is -2.32. The van der Waals surface area contributed by atoms with Gasteiger partial charge < -0.3 is 5.32 Å². The predicted octanol–water partition coefficient (Wildman–Crippen LogP) is 4.69. The summed E-state index contributed by atoms with van der Waals surface area (Å²) >= 11 is 5.07. The Hall–Kier alpha value is -0.750. The lowest BCUT2D eigenvalue weighted by Gasteiger charge is -2.30. The van der Waals surface area contributed by atoms with Crippen LogP contribution in [0.5, 0.6) is 0 Å². The van der Waals surface area contributed by atoms with Gasteiger partial charge in [-0.05, 0) is 31.2 Å². The standard InChI is InChI=1S/C13H19BrN2O2S/c1-4-13(5-2,19-3)9-15-11-7-6-10(14)8-12(11)16(17)18/h6-8,15H,4-5,9H2,1-3H3. The first kappa shape index (κ1) is 16.3. The Kier molecular flexibility index (Phi) is 6.13. The average Bonchev–Trinajstić information content (AvgIpc) is 2.42. The van der Waals surface area contributed by atoms with Crippen LogP contribution in [0.4, 0.5) is 11.4 Å². The summed E-state index contributed by atoms with van der Waals surface area (Å²) in [6.07, 6.45) is 4.15. The van der Waals surface area contributed by atoms with Gasteiger partial charge in [-0.15, -0.1) is 0 Å². The number of nitrogens with zero attached hydrogens (tertiary/aromatic N) is 1. The van der Waals surface area contributed by atoms with Crippen molar-refractivity contribution in [2.24, 2.45) is 0 Å². The van der Waals surface area contributed by atoms with Gasteiger partial charge in [-0.1, -0.05) is 29.8 Å². The summed E-state index contributed by atoms with van der Waals surface area (Å²) in [6.45, 7) is 5.03. The molecule has 1 aromatic rings.